The Kier molecular flexibility index (Phi) is 6.29. The van der Waals surface area contributed by atoms with Crippen LogP contribution in [0.25, 0.3) is 5.76 Å². The standard InChI is InChI=1S/C23H23NO7/c1-13-4-6-14(7-5-13)21(27)19-20(16-12-15(30-2)8-9-17(16)31-3)24(11-10-18(25)26)23(29)22(19)28/h4-9,12,20,27H,10-11H2,1-3H3,(H,25,26)/t20-/m0/s1. The molecule has 8 nitrogen and oxygen atoms in total. The van der Waals surface area contributed by atoms with Gasteiger partial charge in [-0.3, -0.25) is 14.4 Å². The average Bonchev–Trinajstić information content (AvgIpc) is 3.01. The highest BCUT2D eigenvalue weighted by molar-refractivity contribution is 6.46. The van der Waals surface area contributed by atoms with Crippen LogP contribution in [0.15, 0.2) is 48.0 Å². The number of aliphatic hydroxyl groups excluding tert-OH is 1. The van der Waals surface area contributed by atoms with E-state index in [4.69, 9.17) is 14.6 Å². The summed E-state index contributed by atoms with van der Waals surface area (Å²) in [6, 6.07) is 10.7. The highest BCUT2D eigenvalue weighted by atomic mass is 16.5. The number of aryl methyl sites for hydroxylation is 1. The molecule has 0 spiro atoms. The summed E-state index contributed by atoms with van der Waals surface area (Å²) in [5, 5.41) is 20.1. The summed E-state index contributed by atoms with van der Waals surface area (Å²) >= 11 is 0. The Bertz CT molecular complexity index is 1060. The minimum Gasteiger partial charge on any atom is -0.507 e. The first kappa shape index (κ1) is 21.9. The number of hydrogen-bond acceptors (Lipinski definition) is 6. The van der Waals surface area contributed by atoms with Crippen molar-refractivity contribution in [2.24, 2.45) is 0 Å². The largest absolute Gasteiger partial charge is 0.507 e. The van der Waals surface area contributed by atoms with E-state index >= 15 is 0 Å². The Labute approximate surface area is 179 Å². The number of carboxylic acids is 1. The molecule has 1 atom stereocenters. The molecule has 162 valence electrons. The van der Waals surface area contributed by atoms with Crippen molar-refractivity contribution in [3.63, 3.8) is 0 Å². The molecule has 2 N–H and O–H groups in total. The molecule has 0 saturated carbocycles. The topological polar surface area (TPSA) is 113 Å². The fraction of sp³-hybridized carbons (Fsp3) is 0.261. The summed E-state index contributed by atoms with van der Waals surface area (Å²) in [6.45, 7) is 1.67. The molecule has 1 saturated heterocycles. The second kappa shape index (κ2) is 8.91. The van der Waals surface area contributed by atoms with E-state index in [1.807, 2.05) is 6.92 Å². The third-order valence-electron chi connectivity index (χ3n) is 5.16. The zero-order chi connectivity index (χ0) is 22.7. The maximum absolute atomic E-state index is 13.0. The highest BCUT2D eigenvalue weighted by Crippen LogP contribution is 2.43. The first-order chi connectivity index (χ1) is 14.8. The molecule has 3 rings (SSSR count). The van der Waals surface area contributed by atoms with Gasteiger partial charge in [-0.25, -0.2) is 0 Å². The molecule has 1 fully saturated rings. The number of benzene rings is 2. The van der Waals surface area contributed by atoms with Crippen molar-refractivity contribution < 1.29 is 34.1 Å². The molecule has 2 aromatic rings. The number of nitrogens with zero attached hydrogens (tertiary/aromatic N) is 1. The predicted molar refractivity (Wildman–Crippen MR) is 112 cm³/mol. The molecule has 1 aliphatic heterocycles. The quantitative estimate of drug-likeness (QED) is 0.398. The fourth-order valence-corrected chi connectivity index (χ4v) is 3.57. The van der Waals surface area contributed by atoms with Gasteiger partial charge in [0.1, 0.15) is 17.3 Å². The number of ether oxygens (including phenoxy) is 2. The number of Topliss-reactive ketones (excluding diaryl/α,β-unsaturated/α-hetero) is 1. The van der Waals surface area contributed by atoms with Gasteiger partial charge >= 0.3 is 5.97 Å². The number of aliphatic carboxylic acids is 1. The third kappa shape index (κ3) is 4.23. The summed E-state index contributed by atoms with van der Waals surface area (Å²) in [7, 11) is 2.91. The number of ketones is 1. The zero-order valence-electron chi connectivity index (χ0n) is 17.4. The van der Waals surface area contributed by atoms with Crippen LogP contribution in [-0.4, -0.2) is 53.5 Å². The Balaban J connectivity index is 2.24. The van der Waals surface area contributed by atoms with Crippen LogP contribution in [0.5, 0.6) is 11.5 Å². The summed E-state index contributed by atoms with van der Waals surface area (Å²) in [6.07, 6.45) is -0.361. The smallest absolute Gasteiger partial charge is 0.305 e. The number of carbonyl (C=O) groups is 3. The lowest BCUT2D eigenvalue weighted by molar-refractivity contribution is -0.142. The van der Waals surface area contributed by atoms with Crippen molar-refractivity contribution >= 4 is 23.4 Å². The second-order valence-corrected chi connectivity index (χ2v) is 7.11. The van der Waals surface area contributed by atoms with Crippen LogP contribution in [-0.2, 0) is 14.4 Å². The maximum Gasteiger partial charge on any atom is 0.305 e. The lowest BCUT2D eigenvalue weighted by atomic mass is 9.94. The van der Waals surface area contributed by atoms with Crippen molar-refractivity contribution in [2.45, 2.75) is 19.4 Å². The Morgan fingerprint density at radius 2 is 1.71 bits per heavy atom. The van der Waals surface area contributed by atoms with Gasteiger partial charge in [0.25, 0.3) is 11.7 Å². The van der Waals surface area contributed by atoms with E-state index in [0.29, 0.717) is 22.6 Å². The molecule has 0 aromatic heterocycles. The van der Waals surface area contributed by atoms with E-state index < -0.39 is 23.7 Å². The van der Waals surface area contributed by atoms with Crippen molar-refractivity contribution in [3.8, 4) is 11.5 Å². The monoisotopic (exact) mass is 425 g/mol. The number of methoxy groups -OCH3 is 2. The van der Waals surface area contributed by atoms with Gasteiger partial charge in [0, 0.05) is 17.7 Å². The van der Waals surface area contributed by atoms with Gasteiger partial charge in [-0.05, 0) is 25.1 Å². The first-order valence-corrected chi connectivity index (χ1v) is 9.57. The van der Waals surface area contributed by atoms with Crippen LogP contribution in [0.2, 0.25) is 0 Å². The molecule has 8 heteroatoms. The molecule has 0 unspecified atom stereocenters. The summed E-state index contributed by atoms with van der Waals surface area (Å²) in [5.41, 5.74) is 1.60. The second-order valence-electron chi connectivity index (χ2n) is 7.11. The number of carboxylic acid groups (broad SMARTS) is 1. The predicted octanol–water partition coefficient (Wildman–Crippen LogP) is 2.91. The molecule has 31 heavy (non-hydrogen) atoms. The van der Waals surface area contributed by atoms with Gasteiger partial charge in [0.15, 0.2) is 0 Å². The van der Waals surface area contributed by atoms with Gasteiger partial charge in [-0.2, -0.15) is 0 Å². The van der Waals surface area contributed by atoms with Crippen molar-refractivity contribution in [1.82, 2.24) is 4.90 Å². The summed E-state index contributed by atoms with van der Waals surface area (Å²) in [5.74, 6) is -2.41. The third-order valence-corrected chi connectivity index (χ3v) is 5.16. The van der Waals surface area contributed by atoms with E-state index in [-0.39, 0.29) is 24.3 Å². The lowest BCUT2D eigenvalue weighted by Crippen LogP contribution is -2.32. The first-order valence-electron chi connectivity index (χ1n) is 9.57. The van der Waals surface area contributed by atoms with Gasteiger partial charge in [0.2, 0.25) is 0 Å². The highest BCUT2D eigenvalue weighted by Gasteiger charge is 2.47. The van der Waals surface area contributed by atoms with Gasteiger partial charge < -0.3 is 24.6 Å². The van der Waals surface area contributed by atoms with Crippen LogP contribution in [0.3, 0.4) is 0 Å². The normalized spacial score (nSPS) is 17.6. The Hall–Kier alpha value is -3.81. The Morgan fingerprint density at radius 3 is 2.29 bits per heavy atom. The lowest BCUT2D eigenvalue weighted by Gasteiger charge is -2.26. The zero-order valence-corrected chi connectivity index (χ0v) is 17.4. The van der Waals surface area contributed by atoms with Gasteiger partial charge in [0.05, 0.1) is 32.3 Å². The van der Waals surface area contributed by atoms with Crippen molar-refractivity contribution in [2.75, 3.05) is 20.8 Å². The van der Waals surface area contributed by atoms with Crippen molar-refractivity contribution in [1.29, 1.82) is 0 Å². The number of aliphatic hydroxyl groups is 1. The Morgan fingerprint density at radius 1 is 1.03 bits per heavy atom. The van der Waals surface area contributed by atoms with E-state index in [2.05, 4.69) is 0 Å². The average molecular weight is 425 g/mol. The minimum absolute atomic E-state index is 0.134. The molecule has 1 amide bonds. The van der Waals surface area contributed by atoms with E-state index in [1.54, 1.807) is 42.5 Å². The fourth-order valence-electron chi connectivity index (χ4n) is 3.57. The van der Waals surface area contributed by atoms with E-state index in [1.165, 1.54) is 14.2 Å². The molecular formula is C23H23NO7. The number of carbonyl (C=O) groups excluding carboxylic acids is 2. The number of likely N-dealkylation sites (tertiary alicyclic amines) is 1. The van der Waals surface area contributed by atoms with Crippen LogP contribution in [0.4, 0.5) is 0 Å². The molecule has 1 aliphatic rings. The van der Waals surface area contributed by atoms with E-state index in [9.17, 15) is 19.5 Å². The van der Waals surface area contributed by atoms with Crippen LogP contribution in [0.1, 0.15) is 29.2 Å². The van der Waals surface area contributed by atoms with Crippen molar-refractivity contribution in [3.05, 3.63) is 64.7 Å². The molecule has 0 radical (unpaired) electrons. The molecule has 2 aromatic carbocycles. The van der Waals surface area contributed by atoms with Gasteiger partial charge in [-0.1, -0.05) is 29.8 Å². The number of hydrogen-bond donors (Lipinski definition) is 2. The number of amides is 1. The minimum atomic E-state index is -1.11. The van der Waals surface area contributed by atoms with Crippen LogP contribution in [0, 0.1) is 6.92 Å². The molecular weight excluding hydrogens is 402 g/mol. The van der Waals surface area contributed by atoms with E-state index in [0.717, 1.165) is 10.5 Å². The SMILES string of the molecule is COc1ccc(OC)c([C@H]2C(=C(O)c3ccc(C)cc3)C(=O)C(=O)N2CCC(=O)O)c1. The number of rotatable bonds is 7. The van der Waals surface area contributed by atoms with Crippen LogP contribution >= 0.6 is 0 Å². The summed E-state index contributed by atoms with van der Waals surface area (Å²) < 4.78 is 10.7. The molecule has 0 aliphatic carbocycles. The van der Waals surface area contributed by atoms with Gasteiger partial charge in [-0.15, -0.1) is 0 Å². The summed E-state index contributed by atoms with van der Waals surface area (Å²) in [4.78, 5) is 38.1. The molecule has 0 bridgehead atoms. The molecule has 1 heterocycles. The van der Waals surface area contributed by atoms with Crippen LogP contribution < -0.4 is 9.47 Å². The maximum atomic E-state index is 13.0.